The van der Waals surface area contributed by atoms with Crippen molar-refractivity contribution in [3.05, 3.63) is 0 Å². The summed E-state index contributed by atoms with van der Waals surface area (Å²) >= 11 is 0. The van der Waals surface area contributed by atoms with Gasteiger partial charge in [-0.1, -0.05) is 66.7 Å². The molecule has 0 aromatic heterocycles. The van der Waals surface area contributed by atoms with Crippen molar-refractivity contribution in [2.45, 2.75) is 79.6 Å². The summed E-state index contributed by atoms with van der Waals surface area (Å²) in [7, 11) is 0. The molecule has 0 spiro atoms. The first-order valence-electron chi connectivity index (χ1n) is 6.58. The number of hydrogen-bond acceptors (Lipinski definition) is 0. The number of unbranched alkanes of at least 4 members (excludes halogenated alkanes) is 2. The normalized spacial score (nSPS) is 14.4. The van der Waals surface area contributed by atoms with Gasteiger partial charge in [0.2, 0.25) is 0 Å². The summed E-state index contributed by atoms with van der Waals surface area (Å²) in [6, 6.07) is 0. The number of rotatable bonds is 8. The van der Waals surface area contributed by atoms with E-state index in [1.807, 2.05) is 0 Å². The first-order chi connectivity index (χ1) is 6.58. The monoisotopic (exact) mass is 198 g/mol. The minimum Gasteiger partial charge on any atom is -0.0654 e. The van der Waals surface area contributed by atoms with Gasteiger partial charge in [-0.25, -0.2) is 0 Å². The average molecular weight is 198 g/mol. The molecule has 86 valence electrons. The van der Waals surface area contributed by atoms with Crippen LogP contribution in [0, 0.1) is 11.3 Å². The van der Waals surface area contributed by atoms with Crippen molar-refractivity contribution < 1.29 is 0 Å². The van der Waals surface area contributed by atoms with E-state index < -0.39 is 0 Å². The van der Waals surface area contributed by atoms with E-state index in [0.29, 0.717) is 5.41 Å². The van der Waals surface area contributed by atoms with Crippen LogP contribution in [0.1, 0.15) is 79.6 Å². The maximum Gasteiger partial charge on any atom is -0.0326 e. The summed E-state index contributed by atoms with van der Waals surface area (Å²) < 4.78 is 0. The van der Waals surface area contributed by atoms with Crippen LogP contribution >= 0.6 is 0 Å². The summed E-state index contributed by atoms with van der Waals surface area (Å²) in [5.74, 6) is 0.939. The van der Waals surface area contributed by atoms with Crippen molar-refractivity contribution in [2.75, 3.05) is 0 Å². The maximum atomic E-state index is 2.45. The first kappa shape index (κ1) is 14.0. The van der Waals surface area contributed by atoms with E-state index in [-0.39, 0.29) is 0 Å². The van der Waals surface area contributed by atoms with Crippen molar-refractivity contribution in [3.63, 3.8) is 0 Å². The summed E-state index contributed by atoms with van der Waals surface area (Å²) in [5.41, 5.74) is 0.567. The molecule has 0 saturated heterocycles. The Labute approximate surface area is 91.5 Å². The molecule has 0 aliphatic carbocycles. The molecular weight excluding hydrogens is 168 g/mol. The van der Waals surface area contributed by atoms with E-state index in [1.165, 1.54) is 44.9 Å². The van der Waals surface area contributed by atoms with E-state index in [4.69, 9.17) is 0 Å². The first-order valence-corrected chi connectivity index (χ1v) is 6.58. The zero-order valence-corrected chi connectivity index (χ0v) is 11.0. The van der Waals surface area contributed by atoms with E-state index in [2.05, 4.69) is 34.6 Å². The fourth-order valence-electron chi connectivity index (χ4n) is 2.64. The summed E-state index contributed by atoms with van der Waals surface area (Å²) in [6.45, 7) is 11.9. The maximum absolute atomic E-state index is 2.45. The van der Waals surface area contributed by atoms with Gasteiger partial charge in [0.1, 0.15) is 0 Å². The van der Waals surface area contributed by atoms with Gasteiger partial charge < -0.3 is 0 Å². The van der Waals surface area contributed by atoms with Crippen LogP contribution < -0.4 is 0 Å². The lowest BCUT2D eigenvalue weighted by Gasteiger charge is -2.34. The molecule has 0 rings (SSSR count). The van der Waals surface area contributed by atoms with Gasteiger partial charge in [0.15, 0.2) is 0 Å². The lowest BCUT2D eigenvalue weighted by molar-refractivity contribution is 0.171. The van der Waals surface area contributed by atoms with Crippen molar-refractivity contribution in [1.29, 1.82) is 0 Å². The third-order valence-electron chi connectivity index (χ3n) is 3.65. The van der Waals surface area contributed by atoms with Crippen molar-refractivity contribution >= 4 is 0 Å². The molecule has 0 bridgehead atoms. The highest BCUT2D eigenvalue weighted by Gasteiger charge is 2.26. The Balaban J connectivity index is 3.96. The SMILES string of the molecule is CCCCCC(CC)C(C)(C)CCC. The minimum atomic E-state index is 0.567. The molecule has 0 heteroatoms. The van der Waals surface area contributed by atoms with Crippen LogP contribution in [0.25, 0.3) is 0 Å². The molecule has 0 aromatic rings. The van der Waals surface area contributed by atoms with Crippen molar-refractivity contribution in [3.8, 4) is 0 Å². The lowest BCUT2D eigenvalue weighted by Crippen LogP contribution is -2.23. The Hall–Kier alpha value is 0. The quantitative estimate of drug-likeness (QED) is 0.457. The van der Waals surface area contributed by atoms with Crippen LogP contribution in [0.3, 0.4) is 0 Å². The summed E-state index contributed by atoms with van der Waals surface area (Å²) in [6.07, 6.45) is 9.72. The van der Waals surface area contributed by atoms with Gasteiger partial charge >= 0.3 is 0 Å². The second kappa shape index (κ2) is 7.31. The Morgan fingerprint density at radius 2 is 1.57 bits per heavy atom. The Kier molecular flexibility index (Phi) is 7.31. The number of hydrogen-bond donors (Lipinski definition) is 0. The lowest BCUT2D eigenvalue weighted by atomic mass is 9.72. The third kappa shape index (κ3) is 5.02. The fourth-order valence-corrected chi connectivity index (χ4v) is 2.64. The van der Waals surface area contributed by atoms with Gasteiger partial charge in [-0.05, 0) is 24.2 Å². The zero-order valence-electron chi connectivity index (χ0n) is 11.0. The summed E-state index contributed by atoms with van der Waals surface area (Å²) in [5, 5.41) is 0. The molecule has 0 saturated carbocycles. The Morgan fingerprint density at radius 3 is 2.00 bits per heavy atom. The second-order valence-electron chi connectivity index (χ2n) is 5.34. The molecule has 0 nitrogen and oxygen atoms in total. The smallest absolute Gasteiger partial charge is 0.0326 e. The van der Waals surface area contributed by atoms with Crippen LogP contribution in [0.5, 0.6) is 0 Å². The molecule has 0 aliphatic rings. The molecule has 0 amide bonds. The summed E-state index contributed by atoms with van der Waals surface area (Å²) in [4.78, 5) is 0. The molecular formula is C14H30. The van der Waals surface area contributed by atoms with Gasteiger partial charge in [0.25, 0.3) is 0 Å². The van der Waals surface area contributed by atoms with Crippen LogP contribution in [0.4, 0.5) is 0 Å². The second-order valence-corrected chi connectivity index (χ2v) is 5.34. The van der Waals surface area contributed by atoms with Gasteiger partial charge in [0, 0.05) is 0 Å². The van der Waals surface area contributed by atoms with Gasteiger partial charge in [-0.15, -0.1) is 0 Å². The average Bonchev–Trinajstić information content (AvgIpc) is 2.12. The molecule has 0 radical (unpaired) electrons. The Morgan fingerprint density at radius 1 is 0.929 bits per heavy atom. The van der Waals surface area contributed by atoms with Gasteiger partial charge in [-0.2, -0.15) is 0 Å². The van der Waals surface area contributed by atoms with E-state index in [1.54, 1.807) is 0 Å². The molecule has 0 N–H and O–H groups in total. The van der Waals surface area contributed by atoms with Gasteiger partial charge in [0.05, 0.1) is 0 Å². The highest BCUT2D eigenvalue weighted by molar-refractivity contribution is 4.77. The van der Waals surface area contributed by atoms with Gasteiger partial charge in [-0.3, -0.25) is 0 Å². The third-order valence-corrected chi connectivity index (χ3v) is 3.65. The van der Waals surface area contributed by atoms with E-state index in [0.717, 1.165) is 5.92 Å². The standard InChI is InChI=1S/C14H30/c1-6-9-10-11-13(8-3)14(4,5)12-7-2/h13H,6-12H2,1-5H3. The van der Waals surface area contributed by atoms with E-state index >= 15 is 0 Å². The molecule has 0 aromatic carbocycles. The topological polar surface area (TPSA) is 0 Å². The highest BCUT2D eigenvalue weighted by Crippen LogP contribution is 2.37. The van der Waals surface area contributed by atoms with Crippen molar-refractivity contribution in [1.82, 2.24) is 0 Å². The minimum absolute atomic E-state index is 0.567. The predicted molar refractivity (Wildman–Crippen MR) is 66.6 cm³/mol. The van der Waals surface area contributed by atoms with Crippen LogP contribution in [-0.4, -0.2) is 0 Å². The van der Waals surface area contributed by atoms with E-state index in [9.17, 15) is 0 Å². The highest BCUT2D eigenvalue weighted by atomic mass is 14.3. The largest absolute Gasteiger partial charge is 0.0654 e. The van der Waals surface area contributed by atoms with Crippen LogP contribution in [-0.2, 0) is 0 Å². The molecule has 0 heterocycles. The van der Waals surface area contributed by atoms with Crippen LogP contribution in [0.2, 0.25) is 0 Å². The predicted octanol–water partition coefficient (Wildman–Crippen LogP) is 5.42. The molecule has 1 unspecified atom stereocenters. The Bertz CT molecular complexity index is 124. The molecule has 0 aliphatic heterocycles. The molecule has 14 heavy (non-hydrogen) atoms. The van der Waals surface area contributed by atoms with Crippen molar-refractivity contribution in [2.24, 2.45) is 11.3 Å². The molecule has 0 fully saturated rings. The molecule has 1 atom stereocenters. The zero-order chi connectivity index (χ0) is 11.0. The van der Waals surface area contributed by atoms with Crippen LogP contribution in [0.15, 0.2) is 0 Å². The fraction of sp³-hybridized carbons (Fsp3) is 1.00.